The first-order valence-corrected chi connectivity index (χ1v) is 9.01. The fourth-order valence-corrected chi connectivity index (χ4v) is 3.33. The summed E-state index contributed by atoms with van der Waals surface area (Å²) in [6, 6.07) is 16.8. The number of nitrogens with one attached hydrogen (secondary N) is 1. The van der Waals surface area contributed by atoms with Gasteiger partial charge < -0.3 is 5.32 Å². The number of carbonyl (C=O) groups is 3. The number of carbonyl (C=O) groups excluding carboxylic acids is 3. The first kappa shape index (κ1) is 17.9. The summed E-state index contributed by atoms with van der Waals surface area (Å²) < 4.78 is 0. The Morgan fingerprint density at radius 3 is 2.46 bits per heavy atom. The molecule has 132 valence electrons. The molecule has 0 aliphatic carbocycles. The number of imide groups is 1. The summed E-state index contributed by atoms with van der Waals surface area (Å²) in [7, 11) is 0. The summed E-state index contributed by atoms with van der Waals surface area (Å²) in [4.78, 5) is 38.1. The summed E-state index contributed by atoms with van der Waals surface area (Å²) in [6.45, 7) is 2.05. The molecular formula is C20H18N2O3S. The third-order valence-corrected chi connectivity index (χ3v) is 4.78. The average Bonchev–Trinajstić information content (AvgIpc) is 2.89. The number of hydrogen-bond acceptors (Lipinski definition) is 4. The van der Waals surface area contributed by atoms with Gasteiger partial charge in [-0.1, -0.05) is 48.0 Å². The molecule has 0 radical (unpaired) electrons. The molecule has 0 atom stereocenters. The van der Waals surface area contributed by atoms with Crippen molar-refractivity contribution in [2.75, 3.05) is 11.9 Å². The molecule has 2 aromatic rings. The molecule has 1 aliphatic rings. The van der Waals surface area contributed by atoms with E-state index in [9.17, 15) is 14.4 Å². The molecule has 0 spiro atoms. The average molecular weight is 366 g/mol. The van der Waals surface area contributed by atoms with Crippen LogP contribution in [0.5, 0.6) is 0 Å². The Morgan fingerprint density at radius 1 is 1.08 bits per heavy atom. The van der Waals surface area contributed by atoms with E-state index >= 15 is 0 Å². The predicted octanol–water partition coefficient (Wildman–Crippen LogP) is 4.06. The fourth-order valence-electron chi connectivity index (χ4n) is 2.47. The molecule has 1 heterocycles. The first-order chi connectivity index (χ1) is 12.5. The van der Waals surface area contributed by atoms with Crippen LogP contribution in [0.4, 0.5) is 10.5 Å². The number of thioether (sulfide) groups is 1. The van der Waals surface area contributed by atoms with Crippen molar-refractivity contribution in [3.8, 4) is 0 Å². The Kier molecular flexibility index (Phi) is 5.53. The van der Waals surface area contributed by atoms with Crippen LogP contribution in [0.2, 0.25) is 0 Å². The molecule has 5 nitrogen and oxygen atoms in total. The van der Waals surface area contributed by atoms with Crippen molar-refractivity contribution in [2.24, 2.45) is 0 Å². The van der Waals surface area contributed by atoms with Gasteiger partial charge in [-0.05, 0) is 42.5 Å². The number of benzene rings is 2. The van der Waals surface area contributed by atoms with Gasteiger partial charge in [0.25, 0.3) is 11.1 Å². The lowest BCUT2D eigenvalue weighted by molar-refractivity contribution is -0.123. The zero-order chi connectivity index (χ0) is 18.5. The summed E-state index contributed by atoms with van der Waals surface area (Å²) in [5.74, 6) is -0.592. The monoisotopic (exact) mass is 366 g/mol. The van der Waals surface area contributed by atoms with Crippen LogP contribution in [-0.2, 0) is 9.59 Å². The van der Waals surface area contributed by atoms with E-state index < -0.39 is 0 Å². The van der Waals surface area contributed by atoms with Crippen molar-refractivity contribution in [2.45, 2.75) is 13.3 Å². The van der Waals surface area contributed by atoms with E-state index in [4.69, 9.17) is 0 Å². The molecule has 3 rings (SSSR count). The predicted molar refractivity (Wildman–Crippen MR) is 104 cm³/mol. The van der Waals surface area contributed by atoms with Crippen LogP contribution in [0.15, 0.2) is 59.5 Å². The number of hydrogen-bond donors (Lipinski definition) is 1. The van der Waals surface area contributed by atoms with Crippen LogP contribution < -0.4 is 5.32 Å². The lowest BCUT2D eigenvalue weighted by Crippen LogP contribution is -2.31. The van der Waals surface area contributed by atoms with Crippen molar-refractivity contribution in [3.63, 3.8) is 0 Å². The maximum atomic E-state index is 12.4. The van der Waals surface area contributed by atoms with Gasteiger partial charge >= 0.3 is 0 Å². The maximum Gasteiger partial charge on any atom is 0.293 e. The molecule has 1 N–H and O–H groups in total. The highest BCUT2D eigenvalue weighted by Crippen LogP contribution is 2.32. The van der Waals surface area contributed by atoms with Crippen molar-refractivity contribution in [1.29, 1.82) is 0 Å². The minimum atomic E-state index is -0.354. The van der Waals surface area contributed by atoms with Gasteiger partial charge in [-0.3, -0.25) is 19.3 Å². The third kappa shape index (κ3) is 4.40. The first-order valence-electron chi connectivity index (χ1n) is 8.20. The van der Waals surface area contributed by atoms with Gasteiger partial charge in [-0.25, -0.2) is 0 Å². The summed E-state index contributed by atoms with van der Waals surface area (Å²) >= 11 is 0.903. The molecule has 0 aromatic heterocycles. The van der Waals surface area contributed by atoms with Crippen molar-refractivity contribution >= 4 is 40.6 Å². The van der Waals surface area contributed by atoms with Crippen molar-refractivity contribution < 1.29 is 14.4 Å². The Hall–Kier alpha value is -2.86. The SMILES string of the molecule is Cc1ccc(C=C2SC(=O)N(CCC(=O)Nc3ccccc3)C2=O)cc1. The third-order valence-electron chi connectivity index (χ3n) is 3.87. The number of para-hydroxylation sites is 1. The summed E-state index contributed by atoms with van der Waals surface area (Å²) in [6.07, 6.45) is 1.76. The Bertz CT molecular complexity index is 860. The minimum Gasteiger partial charge on any atom is -0.326 e. The van der Waals surface area contributed by atoms with E-state index in [0.29, 0.717) is 10.6 Å². The van der Waals surface area contributed by atoms with E-state index in [0.717, 1.165) is 27.8 Å². The van der Waals surface area contributed by atoms with E-state index in [1.54, 1.807) is 18.2 Å². The second-order valence-electron chi connectivity index (χ2n) is 5.91. The summed E-state index contributed by atoms with van der Waals surface area (Å²) in [5, 5.41) is 2.40. The van der Waals surface area contributed by atoms with Crippen LogP contribution in [0.3, 0.4) is 0 Å². The Labute approximate surface area is 156 Å². The highest BCUT2D eigenvalue weighted by molar-refractivity contribution is 8.18. The largest absolute Gasteiger partial charge is 0.326 e. The van der Waals surface area contributed by atoms with Gasteiger partial charge in [-0.2, -0.15) is 0 Å². The van der Waals surface area contributed by atoms with Crippen molar-refractivity contribution in [3.05, 3.63) is 70.6 Å². The lowest BCUT2D eigenvalue weighted by Gasteiger charge is -2.12. The number of aryl methyl sites for hydroxylation is 1. The number of anilines is 1. The molecular weight excluding hydrogens is 348 g/mol. The number of rotatable bonds is 5. The molecule has 3 amide bonds. The minimum absolute atomic E-state index is 0.0603. The Balaban J connectivity index is 1.60. The molecule has 1 saturated heterocycles. The lowest BCUT2D eigenvalue weighted by atomic mass is 10.1. The number of nitrogens with zero attached hydrogens (tertiary/aromatic N) is 1. The molecule has 2 aromatic carbocycles. The van der Waals surface area contributed by atoms with Crippen LogP contribution in [-0.4, -0.2) is 28.5 Å². The maximum absolute atomic E-state index is 12.4. The van der Waals surface area contributed by atoms with E-state index in [2.05, 4.69) is 5.32 Å². The van der Waals surface area contributed by atoms with Gasteiger partial charge in [0.15, 0.2) is 0 Å². The van der Waals surface area contributed by atoms with Gasteiger partial charge in [-0.15, -0.1) is 0 Å². The zero-order valence-electron chi connectivity index (χ0n) is 14.3. The zero-order valence-corrected chi connectivity index (χ0v) is 15.1. The van der Waals surface area contributed by atoms with Crippen LogP contribution >= 0.6 is 11.8 Å². The molecule has 26 heavy (non-hydrogen) atoms. The molecule has 0 saturated carbocycles. The normalized spacial score (nSPS) is 15.6. The summed E-state index contributed by atoms with van der Waals surface area (Å²) in [5.41, 5.74) is 2.67. The Morgan fingerprint density at radius 2 is 1.77 bits per heavy atom. The van der Waals surface area contributed by atoms with E-state index in [-0.39, 0.29) is 30.0 Å². The number of amides is 3. The van der Waals surface area contributed by atoms with Gasteiger partial charge in [0.1, 0.15) is 0 Å². The van der Waals surface area contributed by atoms with E-state index in [1.807, 2.05) is 49.4 Å². The van der Waals surface area contributed by atoms with Crippen LogP contribution in [0.25, 0.3) is 6.08 Å². The topological polar surface area (TPSA) is 66.5 Å². The van der Waals surface area contributed by atoms with Gasteiger partial charge in [0.2, 0.25) is 5.91 Å². The molecule has 6 heteroatoms. The van der Waals surface area contributed by atoms with Crippen LogP contribution in [0, 0.1) is 6.92 Å². The van der Waals surface area contributed by atoms with Gasteiger partial charge in [0.05, 0.1) is 4.91 Å². The quantitative estimate of drug-likeness (QED) is 0.811. The second-order valence-corrected chi connectivity index (χ2v) is 6.90. The van der Waals surface area contributed by atoms with Crippen LogP contribution in [0.1, 0.15) is 17.5 Å². The second kappa shape index (κ2) is 8.01. The van der Waals surface area contributed by atoms with Gasteiger partial charge in [0, 0.05) is 18.7 Å². The smallest absolute Gasteiger partial charge is 0.293 e. The van der Waals surface area contributed by atoms with Crippen molar-refractivity contribution in [1.82, 2.24) is 4.90 Å². The molecule has 0 unspecified atom stereocenters. The fraction of sp³-hybridized carbons (Fsp3) is 0.150. The standard InChI is InChI=1S/C20H18N2O3S/c1-14-7-9-15(10-8-14)13-17-19(24)22(20(25)26-17)12-11-18(23)21-16-5-3-2-4-6-16/h2-10,13H,11-12H2,1H3,(H,21,23). The molecule has 1 fully saturated rings. The van der Waals surface area contributed by atoms with E-state index in [1.165, 1.54) is 0 Å². The highest BCUT2D eigenvalue weighted by Gasteiger charge is 2.34. The molecule has 1 aliphatic heterocycles. The molecule has 0 bridgehead atoms. The highest BCUT2D eigenvalue weighted by atomic mass is 32.2.